The molecule has 25 heavy (non-hydrogen) atoms. The van der Waals surface area contributed by atoms with Crippen LogP contribution in [0.15, 0.2) is 59.5 Å². The summed E-state index contributed by atoms with van der Waals surface area (Å²) in [6, 6.07) is 15.8. The summed E-state index contributed by atoms with van der Waals surface area (Å²) in [4.78, 5) is 37.7. The van der Waals surface area contributed by atoms with Crippen LogP contribution in [0.5, 0.6) is 0 Å². The number of nitrogens with one attached hydrogen (secondary N) is 1. The number of carbonyl (C=O) groups excluding carboxylic acids is 3. The summed E-state index contributed by atoms with van der Waals surface area (Å²) in [5, 5.41) is 2.72. The molecule has 1 saturated heterocycles. The second-order valence-corrected chi connectivity index (χ2v) is 6.67. The topological polar surface area (TPSA) is 66.5 Å². The molecule has 2 aromatic carbocycles. The fourth-order valence-electron chi connectivity index (χ4n) is 2.25. The van der Waals surface area contributed by atoms with Gasteiger partial charge in [-0.25, -0.2) is 0 Å². The van der Waals surface area contributed by atoms with Crippen LogP contribution in [0.25, 0.3) is 6.08 Å². The molecule has 1 heterocycles. The molecule has 0 saturated carbocycles. The van der Waals surface area contributed by atoms with Crippen LogP contribution < -0.4 is 5.32 Å². The predicted molar refractivity (Wildman–Crippen MR) is 99.2 cm³/mol. The number of hydrogen-bond acceptors (Lipinski definition) is 4. The normalized spacial score (nSPS) is 15.7. The molecule has 1 fully saturated rings. The zero-order valence-electron chi connectivity index (χ0n) is 12.9. The van der Waals surface area contributed by atoms with Gasteiger partial charge in [0.2, 0.25) is 5.91 Å². The Hall–Kier alpha value is -2.57. The smallest absolute Gasteiger partial charge is 0.294 e. The number of hydrogen-bond donors (Lipinski definition) is 1. The van der Waals surface area contributed by atoms with E-state index in [-0.39, 0.29) is 11.4 Å². The van der Waals surface area contributed by atoms with Gasteiger partial charge in [0.15, 0.2) is 0 Å². The minimum absolute atomic E-state index is 0.264. The molecule has 5 nitrogen and oxygen atoms in total. The largest absolute Gasteiger partial charge is 0.325 e. The number of rotatable bonds is 4. The molecule has 0 aromatic heterocycles. The third kappa shape index (κ3) is 4.29. The fourth-order valence-corrected chi connectivity index (χ4v) is 3.29. The maximum absolute atomic E-state index is 12.4. The lowest BCUT2D eigenvalue weighted by molar-refractivity contribution is -0.127. The van der Waals surface area contributed by atoms with Crippen molar-refractivity contribution >= 4 is 52.2 Å². The molecule has 0 aliphatic carbocycles. The molecule has 0 bridgehead atoms. The average molecular weight is 373 g/mol. The summed E-state index contributed by atoms with van der Waals surface area (Å²) in [7, 11) is 0. The quantitative estimate of drug-likeness (QED) is 0.823. The molecular formula is C18H13ClN2O3S. The summed E-state index contributed by atoms with van der Waals surface area (Å²) < 4.78 is 0. The first-order valence-electron chi connectivity index (χ1n) is 7.39. The van der Waals surface area contributed by atoms with Crippen LogP contribution >= 0.6 is 23.4 Å². The van der Waals surface area contributed by atoms with Gasteiger partial charge >= 0.3 is 0 Å². The highest BCUT2D eigenvalue weighted by atomic mass is 35.5. The molecule has 2 aromatic rings. The van der Waals surface area contributed by atoms with Gasteiger partial charge in [0.1, 0.15) is 6.54 Å². The van der Waals surface area contributed by atoms with Crippen molar-refractivity contribution in [1.29, 1.82) is 0 Å². The standard InChI is InChI=1S/C18H13ClN2O3S/c19-13-6-4-5-12(9-13)10-15-17(23)21(18(24)25-15)11-16(22)20-14-7-2-1-3-8-14/h1-10H,11H2,(H,20,22)/b15-10-. The molecule has 1 aliphatic heterocycles. The number of carbonyl (C=O) groups is 3. The first kappa shape index (κ1) is 17.3. The Kier molecular flexibility index (Phi) is 5.21. The molecule has 1 aliphatic rings. The number of benzene rings is 2. The average Bonchev–Trinajstić information content (AvgIpc) is 2.83. The summed E-state index contributed by atoms with van der Waals surface area (Å²) in [6.07, 6.45) is 1.59. The van der Waals surface area contributed by atoms with Crippen LogP contribution in [0.3, 0.4) is 0 Å². The highest BCUT2D eigenvalue weighted by Gasteiger charge is 2.36. The maximum atomic E-state index is 12.4. The van der Waals surface area contributed by atoms with E-state index in [0.29, 0.717) is 16.3 Å². The maximum Gasteiger partial charge on any atom is 0.294 e. The van der Waals surface area contributed by atoms with Crippen LogP contribution in [0.2, 0.25) is 5.02 Å². The molecule has 0 atom stereocenters. The molecule has 0 spiro atoms. The first-order valence-corrected chi connectivity index (χ1v) is 8.58. The number of thioether (sulfide) groups is 1. The van der Waals surface area contributed by atoms with E-state index in [4.69, 9.17) is 11.6 Å². The van der Waals surface area contributed by atoms with E-state index in [0.717, 1.165) is 16.7 Å². The summed E-state index contributed by atoms with van der Waals surface area (Å²) >= 11 is 6.72. The van der Waals surface area contributed by atoms with E-state index in [1.54, 1.807) is 54.6 Å². The Morgan fingerprint density at radius 3 is 2.60 bits per heavy atom. The van der Waals surface area contributed by atoms with Crippen LogP contribution in [-0.2, 0) is 9.59 Å². The van der Waals surface area contributed by atoms with Crippen molar-refractivity contribution in [3.8, 4) is 0 Å². The number of imide groups is 1. The number of anilines is 1. The Bertz CT molecular complexity index is 868. The van der Waals surface area contributed by atoms with Crippen molar-refractivity contribution in [3.05, 3.63) is 70.1 Å². The predicted octanol–water partition coefficient (Wildman–Crippen LogP) is 4.02. The van der Waals surface area contributed by atoms with E-state index in [1.165, 1.54) is 0 Å². The van der Waals surface area contributed by atoms with E-state index in [1.807, 2.05) is 6.07 Å². The molecular weight excluding hydrogens is 360 g/mol. The second kappa shape index (κ2) is 7.55. The van der Waals surface area contributed by atoms with Gasteiger partial charge < -0.3 is 5.32 Å². The fraction of sp³-hybridized carbons (Fsp3) is 0.0556. The number of para-hydroxylation sites is 1. The lowest BCUT2D eigenvalue weighted by Gasteiger charge is -2.12. The molecule has 1 N–H and O–H groups in total. The Morgan fingerprint density at radius 1 is 1.12 bits per heavy atom. The third-order valence-corrected chi connectivity index (χ3v) is 4.52. The summed E-state index contributed by atoms with van der Waals surface area (Å²) in [5.74, 6) is -0.921. The lowest BCUT2D eigenvalue weighted by Crippen LogP contribution is -2.36. The lowest BCUT2D eigenvalue weighted by atomic mass is 10.2. The Balaban J connectivity index is 1.70. The summed E-state index contributed by atoms with van der Waals surface area (Å²) in [6.45, 7) is -0.327. The van der Waals surface area contributed by atoms with Crippen LogP contribution in [0.4, 0.5) is 10.5 Å². The van der Waals surface area contributed by atoms with Crippen molar-refractivity contribution in [2.45, 2.75) is 0 Å². The molecule has 0 unspecified atom stereocenters. The number of nitrogens with zero attached hydrogens (tertiary/aromatic N) is 1. The molecule has 3 rings (SSSR count). The molecule has 7 heteroatoms. The van der Waals surface area contributed by atoms with Gasteiger partial charge in [0, 0.05) is 10.7 Å². The SMILES string of the molecule is O=C(CN1C(=O)S/C(=C\c2cccc(Cl)c2)C1=O)Nc1ccccc1. The Labute approximate surface area is 153 Å². The summed E-state index contributed by atoms with van der Waals surface area (Å²) in [5.41, 5.74) is 1.32. The van der Waals surface area contributed by atoms with Crippen LogP contribution in [-0.4, -0.2) is 28.5 Å². The zero-order valence-corrected chi connectivity index (χ0v) is 14.5. The van der Waals surface area contributed by atoms with Crippen molar-refractivity contribution in [3.63, 3.8) is 0 Å². The third-order valence-electron chi connectivity index (χ3n) is 3.38. The molecule has 0 radical (unpaired) electrons. The van der Waals surface area contributed by atoms with Crippen molar-refractivity contribution in [1.82, 2.24) is 4.90 Å². The van der Waals surface area contributed by atoms with Crippen molar-refractivity contribution in [2.24, 2.45) is 0 Å². The second-order valence-electron chi connectivity index (χ2n) is 5.24. The van der Waals surface area contributed by atoms with E-state index >= 15 is 0 Å². The minimum atomic E-state index is -0.488. The Morgan fingerprint density at radius 2 is 1.88 bits per heavy atom. The highest BCUT2D eigenvalue weighted by Crippen LogP contribution is 2.32. The van der Waals surface area contributed by atoms with Crippen molar-refractivity contribution < 1.29 is 14.4 Å². The van der Waals surface area contributed by atoms with Crippen LogP contribution in [0, 0.1) is 0 Å². The minimum Gasteiger partial charge on any atom is -0.325 e. The number of amides is 3. The molecule has 126 valence electrons. The van der Waals surface area contributed by atoms with Crippen molar-refractivity contribution in [2.75, 3.05) is 11.9 Å². The van der Waals surface area contributed by atoms with Gasteiger partial charge in [-0.2, -0.15) is 0 Å². The van der Waals surface area contributed by atoms with Gasteiger partial charge in [-0.3, -0.25) is 19.3 Å². The van der Waals surface area contributed by atoms with Gasteiger partial charge in [-0.15, -0.1) is 0 Å². The van der Waals surface area contributed by atoms with Crippen LogP contribution in [0.1, 0.15) is 5.56 Å². The van der Waals surface area contributed by atoms with Gasteiger partial charge in [-0.05, 0) is 47.7 Å². The van der Waals surface area contributed by atoms with Gasteiger partial charge in [-0.1, -0.05) is 41.9 Å². The van der Waals surface area contributed by atoms with Gasteiger partial charge in [0.25, 0.3) is 11.1 Å². The zero-order chi connectivity index (χ0) is 17.8. The van der Waals surface area contributed by atoms with E-state index < -0.39 is 17.1 Å². The molecule has 3 amide bonds. The first-order chi connectivity index (χ1) is 12.0. The number of halogens is 1. The highest BCUT2D eigenvalue weighted by molar-refractivity contribution is 8.18. The van der Waals surface area contributed by atoms with Gasteiger partial charge in [0.05, 0.1) is 4.91 Å². The van der Waals surface area contributed by atoms with E-state index in [2.05, 4.69) is 5.32 Å². The monoisotopic (exact) mass is 372 g/mol. The van der Waals surface area contributed by atoms with E-state index in [9.17, 15) is 14.4 Å².